The summed E-state index contributed by atoms with van der Waals surface area (Å²) in [5, 5.41) is 4.39. The normalized spacial score (nSPS) is 11.2. The van der Waals surface area contributed by atoms with Crippen molar-refractivity contribution in [3.8, 4) is 0 Å². The minimum atomic E-state index is -1.73. The highest BCUT2D eigenvalue weighted by atomic mass is 31.2. The number of hydrogen-bond donors (Lipinski definition) is 0. The van der Waals surface area contributed by atoms with Gasteiger partial charge >= 0.3 is 0 Å². The molecule has 0 aliphatic heterocycles. The van der Waals surface area contributed by atoms with Crippen LogP contribution < -0.4 is 20.8 Å². The molecule has 0 N–H and O–H groups in total. The van der Waals surface area contributed by atoms with Crippen molar-refractivity contribution >= 4 is 28.9 Å². The summed E-state index contributed by atoms with van der Waals surface area (Å²) >= 11 is 0. The quantitative estimate of drug-likeness (QED) is 0.346. The Labute approximate surface area is 181 Å². The van der Waals surface area contributed by atoms with Gasteiger partial charge in [0.25, 0.3) is 0 Å². The Morgan fingerprint density at radius 3 is 1.30 bits per heavy atom. The predicted molar refractivity (Wildman–Crippen MR) is 134 cm³/mol. The molecule has 0 radical (unpaired) electrons. The first-order chi connectivity index (χ1) is 14.8. The maximum Gasteiger partial charge on any atom is 0.112 e. The molecule has 0 fully saturated rings. The number of nitrogens with zero attached hydrogens (tertiary/aromatic N) is 1. The van der Waals surface area contributed by atoms with E-state index in [4.69, 9.17) is 0 Å². The lowest BCUT2D eigenvalue weighted by Gasteiger charge is -2.29. The maximum absolute atomic E-state index is 2.37. The van der Waals surface area contributed by atoms with Gasteiger partial charge in [0, 0.05) is 19.3 Å². The fourth-order valence-electron chi connectivity index (χ4n) is 4.24. The molecule has 4 aromatic rings. The van der Waals surface area contributed by atoms with Crippen molar-refractivity contribution in [2.24, 2.45) is 0 Å². The Morgan fingerprint density at radius 2 is 0.900 bits per heavy atom. The van der Waals surface area contributed by atoms with Crippen molar-refractivity contribution < 1.29 is 0 Å². The van der Waals surface area contributed by atoms with E-state index in [2.05, 4.69) is 133 Å². The van der Waals surface area contributed by atoms with E-state index in [0.29, 0.717) is 0 Å². The Balaban J connectivity index is 1.71. The van der Waals surface area contributed by atoms with Gasteiger partial charge in [-0.2, -0.15) is 0 Å². The summed E-state index contributed by atoms with van der Waals surface area (Å²) in [6, 6.07) is 44.1. The van der Waals surface area contributed by atoms with Crippen LogP contribution in [0.4, 0.5) is 5.69 Å². The summed E-state index contributed by atoms with van der Waals surface area (Å²) in [5.74, 6) is 0. The lowest BCUT2D eigenvalue weighted by atomic mass is 10.3. The molecule has 0 aromatic heterocycles. The van der Waals surface area contributed by atoms with Crippen LogP contribution in [-0.2, 0) is 0 Å². The highest BCUT2D eigenvalue weighted by Gasteiger charge is 2.44. The molecular weight excluding hydrogens is 381 g/mol. The third kappa shape index (κ3) is 4.32. The number of para-hydroxylation sites is 1. The molecule has 1 nitrogen and oxygen atoms in total. The largest absolute Gasteiger partial charge is 0.374 e. The van der Waals surface area contributed by atoms with Gasteiger partial charge in [-0.1, -0.05) is 72.8 Å². The zero-order chi connectivity index (χ0) is 20.7. The molecule has 4 rings (SSSR count). The van der Waals surface area contributed by atoms with Crippen molar-refractivity contribution in [3.05, 3.63) is 121 Å². The van der Waals surface area contributed by atoms with Crippen LogP contribution >= 0.6 is 7.26 Å². The molecule has 30 heavy (non-hydrogen) atoms. The molecule has 0 saturated carbocycles. The third-order valence-corrected chi connectivity index (χ3v) is 10.3. The van der Waals surface area contributed by atoms with Gasteiger partial charge in [0.1, 0.15) is 23.2 Å². The lowest BCUT2D eigenvalue weighted by Crippen LogP contribution is -2.34. The van der Waals surface area contributed by atoms with Gasteiger partial charge in [0.05, 0.1) is 6.16 Å². The van der Waals surface area contributed by atoms with Gasteiger partial charge in [0.15, 0.2) is 0 Å². The summed E-state index contributed by atoms with van der Waals surface area (Å²) < 4.78 is 0. The number of rotatable bonds is 8. The van der Waals surface area contributed by atoms with E-state index in [1.807, 2.05) is 0 Å². The van der Waals surface area contributed by atoms with E-state index in [-0.39, 0.29) is 0 Å². The summed E-state index contributed by atoms with van der Waals surface area (Å²) in [7, 11) is 0.470. The molecule has 150 valence electrons. The Hall–Kier alpha value is -2.89. The second-order valence-electron chi connectivity index (χ2n) is 7.65. The van der Waals surface area contributed by atoms with Crippen molar-refractivity contribution in [2.75, 3.05) is 24.7 Å². The zero-order valence-electron chi connectivity index (χ0n) is 17.6. The van der Waals surface area contributed by atoms with E-state index in [0.717, 1.165) is 19.1 Å². The van der Waals surface area contributed by atoms with Crippen LogP contribution in [0.1, 0.15) is 6.42 Å². The Bertz CT molecular complexity index is 921. The van der Waals surface area contributed by atoms with E-state index in [9.17, 15) is 0 Å². The van der Waals surface area contributed by atoms with Gasteiger partial charge in [-0.05, 0) is 55.0 Å². The van der Waals surface area contributed by atoms with E-state index in [1.165, 1.54) is 21.6 Å². The van der Waals surface area contributed by atoms with Crippen LogP contribution in [0.2, 0.25) is 0 Å². The summed E-state index contributed by atoms with van der Waals surface area (Å²) in [4.78, 5) is 2.37. The third-order valence-electron chi connectivity index (χ3n) is 5.77. The minimum absolute atomic E-state index is 1.04. The van der Waals surface area contributed by atoms with Crippen LogP contribution in [0.15, 0.2) is 121 Å². The standard InChI is InChI=1S/C28H29NP/c1-29(25-15-6-2-7-16-25)23-14-24-30(26-17-8-3-9-18-26,27-19-10-4-11-20-27)28-21-12-5-13-22-28/h2-13,15-22H,14,23-24H2,1H3/q+1. The van der Waals surface area contributed by atoms with Crippen LogP contribution in [0.3, 0.4) is 0 Å². The summed E-state index contributed by atoms with van der Waals surface area (Å²) in [6.45, 7) is 1.04. The van der Waals surface area contributed by atoms with Gasteiger partial charge in [0.2, 0.25) is 0 Å². The van der Waals surface area contributed by atoms with Crippen molar-refractivity contribution in [3.63, 3.8) is 0 Å². The maximum atomic E-state index is 2.37. The molecule has 0 unspecified atom stereocenters. The number of benzene rings is 4. The van der Waals surface area contributed by atoms with E-state index >= 15 is 0 Å². The van der Waals surface area contributed by atoms with Crippen LogP contribution in [-0.4, -0.2) is 19.8 Å². The molecule has 2 heteroatoms. The van der Waals surface area contributed by atoms with E-state index in [1.54, 1.807) is 0 Å². The first-order valence-electron chi connectivity index (χ1n) is 10.6. The van der Waals surface area contributed by atoms with Crippen molar-refractivity contribution in [2.45, 2.75) is 6.42 Å². The minimum Gasteiger partial charge on any atom is -0.374 e. The molecule has 0 spiro atoms. The molecule has 0 heterocycles. The van der Waals surface area contributed by atoms with Crippen molar-refractivity contribution in [1.29, 1.82) is 0 Å². The fraction of sp³-hybridized carbons (Fsp3) is 0.143. The molecule has 0 amide bonds. The SMILES string of the molecule is CN(CCC[P+](c1ccccc1)(c1ccccc1)c1ccccc1)c1ccccc1. The number of anilines is 1. The monoisotopic (exact) mass is 410 g/mol. The fourth-order valence-corrected chi connectivity index (χ4v) is 8.57. The molecule has 0 aliphatic rings. The second kappa shape index (κ2) is 9.74. The highest BCUT2D eigenvalue weighted by molar-refractivity contribution is 7.95. The van der Waals surface area contributed by atoms with E-state index < -0.39 is 7.26 Å². The van der Waals surface area contributed by atoms with Crippen LogP contribution in [0.5, 0.6) is 0 Å². The van der Waals surface area contributed by atoms with Crippen LogP contribution in [0, 0.1) is 0 Å². The van der Waals surface area contributed by atoms with Gasteiger partial charge in [-0.3, -0.25) is 0 Å². The van der Waals surface area contributed by atoms with Gasteiger partial charge in [-0.25, -0.2) is 0 Å². The summed E-state index contributed by atoms with van der Waals surface area (Å²) in [6.07, 6.45) is 2.29. The average molecular weight is 411 g/mol. The first-order valence-corrected chi connectivity index (χ1v) is 12.6. The average Bonchev–Trinajstić information content (AvgIpc) is 2.84. The van der Waals surface area contributed by atoms with Crippen molar-refractivity contribution in [1.82, 2.24) is 0 Å². The molecule has 0 aliphatic carbocycles. The second-order valence-corrected chi connectivity index (χ2v) is 11.3. The zero-order valence-corrected chi connectivity index (χ0v) is 18.5. The number of hydrogen-bond acceptors (Lipinski definition) is 1. The Morgan fingerprint density at radius 1 is 0.533 bits per heavy atom. The van der Waals surface area contributed by atoms with Crippen LogP contribution in [0.25, 0.3) is 0 Å². The molecule has 0 saturated heterocycles. The molecular formula is C28H29NP+. The molecule has 4 aromatic carbocycles. The summed E-state index contributed by atoms with van der Waals surface area (Å²) in [5.41, 5.74) is 1.28. The highest BCUT2D eigenvalue weighted by Crippen LogP contribution is 2.55. The molecule has 0 bridgehead atoms. The first kappa shape index (κ1) is 20.4. The Kier molecular flexibility index (Phi) is 6.62. The smallest absolute Gasteiger partial charge is 0.112 e. The lowest BCUT2D eigenvalue weighted by molar-refractivity contribution is 0.856. The molecule has 0 atom stereocenters. The predicted octanol–water partition coefficient (Wildman–Crippen LogP) is 5.51. The van der Waals surface area contributed by atoms with Gasteiger partial charge < -0.3 is 4.90 Å². The topological polar surface area (TPSA) is 3.24 Å². The van der Waals surface area contributed by atoms with Gasteiger partial charge in [-0.15, -0.1) is 0 Å².